The summed E-state index contributed by atoms with van der Waals surface area (Å²) in [6.45, 7) is 0. The first-order chi connectivity index (χ1) is 13.8. The maximum Gasteiger partial charge on any atom is 0.144 e. The van der Waals surface area contributed by atoms with Crippen molar-refractivity contribution >= 4 is 28.9 Å². The van der Waals surface area contributed by atoms with E-state index in [9.17, 15) is 0 Å². The zero-order valence-electron chi connectivity index (χ0n) is 16.1. The van der Waals surface area contributed by atoms with Crippen LogP contribution in [0.25, 0.3) is 0 Å². The van der Waals surface area contributed by atoms with E-state index >= 15 is 0 Å². The summed E-state index contributed by atoms with van der Waals surface area (Å²) < 4.78 is 0. The van der Waals surface area contributed by atoms with E-state index in [-0.39, 0.29) is 0 Å². The molecule has 138 valence electrons. The molecular weight excluding hydrogens is 357 g/mol. The molecule has 0 unspecified atom stereocenters. The van der Waals surface area contributed by atoms with E-state index in [1.54, 1.807) is 0 Å². The highest BCUT2D eigenvalue weighted by Gasteiger charge is 2.46. The van der Waals surface area contributed by atoms with Crippen LogP contribution in [0.4, 0.5) is 5.69 Å². The van der Waals surface area contributed by atoms with Crippen molar-refractivity contribution in [3.05, 3.63) is 121 Å². The van der Waals surface area contributed by atoms with E-state index in [4.69, 9.17) is 0 Å². The molecule has 28 heavy (non-hydrogen) atoms. The van der Waals surface area contributed by atoms with Crippen molar-refractivity contribution in [2.75, 3.05) is 18.2 Å². The molecule has 0 saturated carbocycles. The van der Waals surface area contributed by atoms with E-state index in [2.05, 4.69) is 133 Å². The van der Waals surface area contributed by atoms with Crippen LogP contribution in [0.5, 0.6) is 0 Å². The van der Waals surface area contributed by atoms with Gasteiger partial charge in [-0.15, -0.1) is 0 Å². The minimum atomic E-state index is -1.85. The van der Waals surface area contributed by atoms with Crippen LogP contribution < -0.4 is 20.8 Å². The van der Waals surface area contributed by atoms with Crippen molar-refractivity contribution in [1.82, 2.24) is 0 Å². The Bertz CT molecular complexity index is 889. The summed E-state index contributed by atoms with van der Waals surface area (Å²) in [6.07, 6.45) is 0.953. The van der Waals surface area contributed by atoms with Crippen molar-refractivity contribution in [2.45, 2.75) is 0 Å². The molecule has 0 bridgehead atoms. The molecule has 0 aliphatic heterocycles. The number of hydrogen-bond acceptors (Lipinski definition) is 1. The van der Waals surface area contributed by atoms with Crippen LogP contribution in [0.2, 0.25) is 0 Å². The predicted octanol–water partition coefficient (Wildman–Crippen LogP) is 5.07. The fourth-order valence-corrected chi connectivity index (χ4v) is 8.05. The Morgan fingerprint density at radius 1 is 0.500 bits per heavy atom. The van der Waals surface area contributed by atoms with Gasteiger partial charge in [0.1, 0.15) is 29.5 Å². The predicted molar refractivity (Wildman–Crippen MR) is 125 cm³/mol. The Labute approximate surface area is 168 Å². The molecule has 0 radical (unpaired) electrons. The highest BCUT2D eigenvalue weighted by Crippen LogP contribution is 2.55. The van der Waals surface area contributed by atoms with Crippen LogP contribution in [0.3, 0.4) is 0 Å². The van der Waals surface area contributed by atoms with Gasteiger partial charge in [0.2, 0.25) is 0 Å². The average Bonchev–Trinajstić information content (AvgIpc) is 2.80. The first kappa shape index (κ1) is 18.5. The highest BCUT2D eigenvalue weighted by molar-refractivity contribution is 7.95. The number of rotatable bonds is 6. The number of nitrogens with zero attached hydrogens (tertiary/aromatic N) is 1. The molecule has 0 aliphatic rings. The third-order valence-corrected chi connectivity index (χ3v) is 9.60. The van der Waals surface area contributed by atoms with Gasteiger partial charge in [-0.3, -0.25) is 0 Å². The third kappa shape index (κ3) is 3.59. The summed E-state index contributed by atoms with van der Waals surface area (Å²) in [7, 11) is 0.358. The number of benzene rings is 4. The van der Waals surface area contributed by atoms with Gasteiger partial charge in [-0.05, 0) is 48.5 Å². The summed E-state index contributed by atoms with van der Waals surface area (Å²) in [5.41, 5.74) is 1.25. The summed E-state index contributed by atoms with van der Waals surface area (Å²) in [5, 5.41) is 4.24. The zero-order valence-corrected chi connectivity index (χ0v) is 17.0. The Balaban J connectivity index is 1.93. The highest BCUT2D eigenvalue weighted by atomic mass is 31.2. The van der Waals surface area contributed by atoms with Crippen LogP contribution in [0.1, 0.15) is 0 Å². The van der Waals surface area contributed by atoms with Crippen LogP contribution in [0, 0.1) is 0 Å². The van der Waals surface area contributed by atoms with Gasteiger partial charge in [0.05, 0.1) is 0 Å². The maximum absolute atomic E-state index is 2.40. The lowest BCUT2D eigenvalue weighted by Crippen LogP contribution is -2.38. The molecular formula is C26H25NP+. The van der Waals surface area contributed by atoms with Crippen molar-refractivity contribution in [3.63, 3.8) is 0 Å². The Morgan fingerprint density at radius 2 is 0.821 bits per heavy atom. The second kappa shape index (κ2) is 8.42. The van der Waals surface area contributed by atoms with Crippen molar-refractivity contribution in [1.29, 1.82) is 0 Å². The van der Waals surface area contributed by atoms with E-state index in [0.29, 0.717) is 0 Å². The van der Waals surface area contributed by atoms with Gasteiger partial charge in [0.25, 0.3) is 0 Å². The molecule has 0 aromatic heterocycles. The summed E-state index contributed by atoms with van der Waals surface area (Å²) >= 11 is 0. The Hall–Kier alpha value is -2.89. The molecule has 1 nitrogen and oxygen atoms in total. The van der Waals surface area contributed by atoms with Gasteiger partial charge in [-0.2, -0.15) is 0 Å². The molecule has 0 aliphatic carbocycles. The lowest BCUT2D eigenvalue weighted by atomic mass is 10.3. The first-order valence-electron chi connectivity index (χ1n) is 9.62. The number of anilines is 1. The van der Waals surface area contributed by atoms with E-state index in [0.717, 1.165) is 6.29 Å². The maximum atomic E-state index is 2.40. The molecule has 0 atom stereocenters. The van der Waals surface area contributed by atoms with Gasteiger partial charge < -0.3 is 4.90 Å². The van der Waals surface area contributed by atoms with Crippen molar-refractivity contribution < 1.29 is 0 Å². The monoisotopic (exact) mass is 382 g/mol. The van der Waals surface area contributed by atoms with Crippen molar-refractivity contribution in [3.8, 4) is 0 Å². The molecule has 0 amide bonds. The second-order valence-electron chi connectivity index (χ2n) is 6.99. The minimum absolute atomic E-state index is 0.953. The molecule has 2 heteroatoms. The minimum Gasteiger partial charge on any atom is -0.342 e. The van der Waals surface area contributed by atoms with Crippen LogP contribution >= 0.6 is 7.26 Å². The van der Waals surface area contributed by atoms with Gasteiger partial charge in [0.15, 0.2) is 0 Å². The lowest BCUT2D eigenvalue weighted by Gasteiger charge is -2.32. The Kier molecular flexibility index (Phi) is 5.55. The summed E-state index contributed by atoms with van der Waals surface area (Å²) in [4.78, 5) is 2.40. The van der Waals surface area contributed by atoms with Crippen LogP contribution in [0.15, 0.2) is 121 Å². The van der Waals surface area contributed by atoms with Gasteiger partial charge in [-0.25, -0.2) is 0 Å². The largest absolute Gasteiger partial charge is 0.342 e. The SMILES string of the molecule is CN(C[P+](c1ccccc1)(c1ccccc1)c1ccccc1)c1ccccc1. The van der Waals surface area contributed by atoms with Gasteiger partial charge in [-0.1, -0.05) is 72.8 Å². The molecule has 0 fully saturated rings. The fourth-order valence-electron chi connectivity index (χ4n) is 3.82. The smallest absolute Gasteiger partial charge is 0.144 e. The normalized spacial score (nSPS) is 11.2. The molecule has 4 aromatic carbocycles. The standard InChI is InChI=1S/C26H25NP/c1-27(23-14-6-2-7-15-23)22-28(24-16-8-3-9-17-24,25-18-10-4-11-19-25)26-20-12-5-13-21-26/h2-21H,22H2,1H3/q+1. The molecule has 0 N–H and O–H groups in total. The fraction of sp³-hybridized carbons (Fsp3) is 0.0769. The van der Waals surface area contributed by atoms with E-state index in [1.807, 2.05) is 0 Å². The van der Waals surface area contributed by atoms with E-state index in [1.165, 1.54) is 21.6 Å². The summed E-state index contributed by atoms with van der Waals surface area (Å²) in [5.74, 6) is 0. The number of hydrogen-bond donors (Lipinski definition) is 0. The van der Waals surface area contributed by atoms with E-state index < -0.39 is 7.26 Å². The zero-order chi connectivity index (χ0) is 19.2. The first-order valence-corrected chi connectivity index (χ1v) is 11.6. The molecule has 0 spiro atoms. The topological polar surface area (TPSA) is 3.24 Å². The molecule has 4 aromatic rings. The van der Waals surface area contributed by atoms with Gasteiger partial charge in [0, 0.05) is 12.7 Å². The average molecular weight is 382 g/mol. The quantitative estimate of drug-likeness (QED) is 0.421. The molecule has 0 saturated heterocycles. The number of para-hydroxylation sites is 1. The third-order valence-electron chi connectivity index (χ3n) is 5.21. The Morgan fingerprint density at radius 3 is 1.18 bits per heavy atom. The van der Waals surface area contributed by atoms with Crippen molar-refractivity contribution in [2.24, 2.45) is 0 Å². The molecule has 4 rings (SSSR count). The lowest BCUT2D eigenvalue weighted by molar-refractivity contribution is 1.09. The van der Waals surface area contributed by atoms with Gasteiger partial charge >= 0.3 is 0 Å². The van der Waals surface area contributed by atoms with Crippen LogP contribution in [-0.4, -0.2) is 13.3 Å². The molecule has 0 heterocycles. The summed E-state index contributed by atoms with van der Waals surface area (Å²) in [6, 6.07) is 43.8. The second-order valence-corrected chi connectivity index (χ2v) is 10.4. The van der Waals surface area contributed by atoms with Crippen LogP contribution in [-0.2, 0) is 0 Å².